The molecule has 0 radical (unpaired) electrons. The van der Waals surface area contributed by atoms with Crippen LogP contribution in [0.5, 0.6) is 17.2 Å². The van der Waals surface area contributed by atoms with Crippen LogP contribution in [0.3, 0.4) is 0 Å². The van der Waals surface area contributed by atoms with E-state index in [1.807, 2.05) is 19.1 Å². The van der Waals surface area contributed by atoms with Gasteiger partial charge in [-0.15, -0.1) is 0 Å². The van der Waals surface area contributed by atoms with Crippen LogP contribution in [0.2, 0.25) is 5.02 Å². The summed E-state index contributed by atoms with van der Waals surface area (Å²) >= 11 is 6.11. The van der Waals surface area contributed by atoms with Gasteiger partial charge in [-0.2, -0.15) is 8.78 Å². The van der Waals surface area contributed by atoms with Crippen LogP contribution in [0.4, 0.5) is 20.2 Å². The number of amides is 1. The highest BCUT2D eigenvalue weighted by Gasteiger charge is 2.35. The van der Waals surface area contributed by atoms with E-state index in [2.05, 4.69) is 5.32 Å². The fourth-order valence-corrected chi connectivity index (χ4v) is 4.96. The molecular weight excluding hydrogens is 570 g/mol. The third-order valence-corrected chi connectivity index (χ3v) is 7.17. The minimum atomic E-state index is -3.37. The van der Waals surface area contributed by atoms with Crippen LogP contribution in [0.15, 0.2) is 60.7 Å². The van der Waals surface area contributed by atoms with Gasteiger partial charge in [0.25, 0.3) is 0 Å². The highest BCUT2D eigenvalue weighted by molar-refractivity contribution is 6.30. The Kier molecular flexibility index (Phi) is 9.78. The lowest BCUT2D eigenvalue weighted by Gasteiger charge is -2.30. The number of benzene rings is 3. The Morgan fingerprint density at radius 1 is 1.07 bits per heavy atom. The van der Waals surface area contributed by atoms with Crippen molar-refractivity contribution in [3.63, 3.8) is 0 Å². The molecule has 2 N–H and O–H groups in total. The minimum Gasteiger partial charge on any atom is -0.497 e. The number of hydrogen-bond acceptors (Lipinski definition) is 6. The number of nitrogens with one attached hydrogen (secondary N) is 1. The Bertz CT molecular complexity index is 1410. The summed E-state index contributed by atoms with van der Waals surface area (Å²) in [6.45, 7) is 3.14. The zero-order chi connectivity index (χ0) is 30.4. The number of carbonyl (C=O) groups excluding carboxylic acids is 1. The van der Waals surface area contributed by atoms with Crippen molar-refractivity contribution < 1.29 is 37.7 Å². The molecule has 3 aromatic rings. The molecule has 224 valence electrons. The smallest absolute Gasteiger partial charge is 0.394 e. The molecule has 0 bridgehead atoms. The van der Waals surface area contributed by atoms with E-state index in [0.717, 1.165) is 11.1 Å². The fourth-order valence-electron chi connectivity index (χ4n) is 4.83. The maximum atomic E-state index is 14.2. The molecule has 42 heavy (non-hydrogen) atoms. The highest BCUT2D eigenvalue weighted by Crippen LogP contribution is 2.36. The van der Waals surface area contributed by atoms with Gasteiger partial charge in [-0.05, 0) is 42.2 Å². The summed E-state index contributed by atoms with van der Waals surface area (Å²) in [6.07, 6.45) is -2.49. The molecule has 1 aliphatic rings. The van der Waals surface area contributed by atoms with Crippen LogP contribution in [-0.2, 0) is 16.0 Å². The molecule has 1 heterocycles. The Morgan fingerprint density at radius 3 is 2.45 bits per heavy atom. The Balaban J connectivity index is 1.65. The van der Waals surface area contributed by atoms with E-state index in [1.165, 1.54) is 19.2 Å². The second-order valence-electron chi connectivity index (χ2n) is 10.1. The Hall–Kier alpha value is -4.05. The third kappa shape index (κ3) is 8.03. The molecule has 0 aliphatic carbocycles. The predicted molar refractivity (Wildman–Crippen MR) is 156 cm³/mol. The number of nitrogens with zero attached hydrogens (tertiary/aromatic N) is 1. The summed E-state index contributed by atoms with van der Waals surface area (Å²) in [5.41, 5.74) is 2.78. The van der Waals surface area contributed by atoms with Crippen molar-refractivity contribution in [1.82, 2.24) is 0 Å². The molecule has 0 spiro atoms. The number of carboxylic acid groups (broad SMARTS) is 1. The van der Waals surface area contributed by atoms with Gasteiger partial charge < -0.3 is 29.5 Å². The number of aliphatic carboxylic acids is 1. The van der Waals surface area contributed by atoms with Crippen LogP contribution < -0.4 is 24.4 Å². The summed E-state index contributed by atoms with van der Waals surface area (Å²) in [5.74, 6) is -0.620. The molecule has 8 nitrogen and oxygen atoms in total. The largest absolute Gasteiger partial charge is 0.497 e. The van der Waals surface area contributed by atoms with E-state index >= 15 is 0 Å². The van der Waals surface area contributed by atoms with E-state index in [1.54, 1.807) is 41.3 Å². The maximum absolute atomic E-state index is 14.2. The van der Waals surface area contributed by atoms with Gasteiger partial charge in [0, 0.05) is 60.8 Å². The zero-order valence-corrected chi connectivity index (χ0v) is 24.3. The molecule has 0 fully saturated rings. The Morgan fingerprint density at radius 2 is 1.79 bits per heavy atom. The first-order valence-electron chi connectivity index (χ1n) is 13.5. The van der Waals surface area contributed by atoms with Gasteiger partial charge >= 0.3 is 12.1 Å². The number of hydrogen-bond donors (Lipinski definition) is 2. The average molecular weight is 603 g/mol. The number of rotatable bonds is 13. The van der Waals surface area contributed by atoms with Crippen LogP contribution in [0, 0.1) is 0 Å². The minimum absolute atomic E-state index is 0.0236. The van der Waals surface area contributed by atoms with Crippen molar-refractivity contribution in [2.24, 2.45) is 0 Å². The van der Waals surface area contributed by atoms with E-state index in [9.17, 15) is 18.4 Å². The summed E-state index contributed by atoms with van der Waals surface area (Å²) < 4.78 is 43.1. The lowest BCUT2D eigenvalue weighted by molar-refractivity contribution is -0.158. The second-order valence-corrected chi connectivity index (χ2v) is 10.6. The predicted octanol–water partition coefficient (Wildman–Crippen LogP) is 6.76. The number of carboxylic acids is 1. The lowest BCUT2D eigenvalue weighted by Crippen LogP contribution is -2.45. The van der Waals surface area contributed by atoms with Crippen LogP contribution >= 0.6 is 11.6 Å². The summed E-state index contributed by atoms with van der Waals surface area (Å²) in [5, 5.41) is 12.8. The number of carbonyl (C=O) groups is 2. The van der Waals surface area contributed by atoms with Gasteiger partial charge in [0.15, 0.2) is 0 Å². The highest BCUT2D eigenvalue weighted by atomic mass is 35.5. The van der Waals surface area contributed by atoms with E-state index < -0.39 is 18.1 Å². The maximum Gasteiger partial charge on any atom is 0.394 e. The average Bonchev–Trinajstić information content (AvgIpc) is 3.36. The molecule has 0 aromatic heterocycles. The number of fused-ring (bicyclic) bond motifs is 1. The van der Waals surface area contributed by atoms with Gasteiger partial charge in [0.2, 0.25) is 5.91 Å². The van der Waals surface area contributed by atoms with Gasteiger partial charge in [-0.3, -0.25) is 9.59 Å². The van der Waals surface area contributed by atoms with Crippen LogP contribution in [0.1, 0.15) is 43.7 Å². The molecule has 1 unspecified atom stereocenters. The van der Waals surface area contributed by atoms with Crippen molar-refractivity contribution in [3.05, 3.63) is 76.8 Å². The first kappa shape index (κ1) is 30.9. The standard InChI is InChI=1S/C31H33ClF2N2O6/c1-19(20-6-9-22(32)10-7-20)29(35-23-15-25(40-3)17-26(16-23)41-14-4-5-28(37)38)30(39)36-13-12-21-8-11-24(18-27(21)36)42-31(2,33)34/h6-11,15-19,29,35H,4-5,12-14H2,1-3H3,(H,37,38)/t19-,29?/m0/s1. The van der Waals surface area contributed by atoms with E-state index in [-0.39, 0.29) is 30.6 Å². The van der Waals surface area contributed by atoms with E-state index in [0.29, 0.717) is 54.2 Å². The van der Waals surface area contributed by atoms with Gasteiger partial charge in [-0.25, -0.2) is 0 Å². The third-order valence-electron chi connectivity index (χ3n) is 6.92. The first-order chi connectivity index (χ1) is 19.9. The molecule has 4 rings (SSSR count). The number of halogens is 3. The van der Waals surface area contributed by atoms with Crippen molar-refractivity contribution in [2.45, 2.75) is 51.2 Å². The summed E-state index contributed by atoms with van der Waals surface area (Å²) in [4.78, 5) is 26.7. The van der Waals surface area contributed by atoms with Gasteiger partial charge in [-0.1, -0.05) is 36.7 Å². The van der Waals surface area contributed by atoms with Crippen molar-refractivity contribution >= 4 is 34.9 Å². The molecule has 2 atom stereocenters. The fraction of sp³-hybridized carbons (Fsp3) is 0.355. The zero-order valence-electron chi connectivity index (χ0n) is 23.5. The Labute approximate surface area is 248 Å². The van der Waals surface area contributed by atoms with Gasteiger partial charge in [0.1, 0.15) is 23.3 Å². The topological polar surface area (TPSA) is 97.3 Å². The molecule has 1 amide bonds. The molecule has 0 saturated heterocycles. The van der Waals surface area contributed by atoms with Crippen molar-refractivity contribution in [2.75, 3.05) is 30.5 Å². The van der Waals surface area contributed by atoms with Crippen LogP contribution in [-0.4, -0.2) is 49.4 Å². The lowest BCUT2D eigenvalue weighted by atomic mass is 9.92. The number of alkyl halides is 2. The quantitative estimate of drug-likeness (QED) is 0.209. The first-order valence-corrected chi connectivity index (χ1v) is 13.9. The van der Waals surface area contributed by atoms with Crippen molar-refractivity contribution in [3.8, 4) is 17.2 Å². The van der Waals surface area contributed by atoms with Gasteiger partial charge in [0.05, 0.1) is 19.4 Å². The molecule has 11 heteroatoms. The van der Waals surface area contributed by atoms with Crippen molar-refractivity contribution in [1.29, 1.82) is 0 Å². The number of anilines is 2. The normalized spacial score (nSPS) is 14.1. The summed E-state index contributed by atoms with van der Waals surface area (Å²) in [6, 6.07) is 16.2. The second kappa shape index (κ2) is 13.3. The molecular formula is C31H33ClF2N2O6. The van der Waals surface area contributed by atoms with E-state index in [4.69, 9.17) is 30.9 Å². The number of methoxy groups -OCH3 is 1. The molecule has 1 aliphatic heterocycles. The van der Waals surface area contributed by atoms with Crippen LogP contribution in [0.25, 0.3) is 0 Å². The monoisotopic (exact) mass is 602 g/mol. The molecule has 3 aromatic carbocycles. The number of ether oxygens (including phenoxy) is 3. The summed E-state index contributed by atoms with van der Waals surface area (Å²) in [7, 11) is 1.51. The molecule has 0 saturated carbocycles. The SMILES string of the molecule is COc1cc(NC(C(=O)N2CCc3ccc(OC(C)(F)F)cc32)[C@@H](C)c2ccc(Cl)cc2)cc(OCCCC(=O)O)c1.